The molecule has 0 heterocycles. The summed E-state index contributed by atoms with van der Waals surface area (Å²) in [4.78, 5) is 0. The highest BCUT2D eigenvalue weighted by atomic mass is 28.3. The van der Waals surface area contributed by atoms with Gasteiger partial charge in [-0.1, -0.05) is 33.9 Å². The molecule has 0 saturated heterocycles. The fraction of sp³-hybridized carbons (Fsp3) is 0.923. The van der Waals surface area contributed by atoms with E-state index >= 15 is 0 Å². The highest BCUT2D eigenvalue weighted by Crippen LogP contribution is 2.39. The molecule has 0 aliphatic carbocycles. The van der Waals surface area contributed by atoms with Crippen molar-refractivity contribution < 1.29 is 5.11 Å². The smallest absolute Gasteiger partial charge is 0.0770 e. The molecule has 0 unspecified atom stereocenters. The van der Waals surface area contributed by atoms with Crippen molar-refractivity contribution in [1.29, 1.82) is 5.26 Å². The monoisotopic (exact) mass is 241 g/mol. The molecule has 0 saturated carbocycles. The van der Waals surface area contributed by atoms with E-state index in [-0.39, 0.29) is 5.41 Å². The summed E-state index contributed by atoms with van der Waals surface area (Å²) >= 11 is 0. The summed E-state index contributed by atoms with van der Waals surface area (Å²) in [5, 5.41) is 19.3. The molecule has 0 radical (unpaired) electrons. The van der Waals surface area contributed by atoms with Crippen LogP contribution in [0.2, 0.25) is 13.1 Å². The largest absolute Gasteiger partial charge is 0.392 e. The predicted octanol–water partition coefficient (Wildman–Crippen LogP) is 3.12. The van der Waals surface area contributed by atoms with Crippen molar-refractivity contribution in [3.8, 4) is 6.07 Å². The molecule has 2 nitrogen and oxygen atoms in total. The second-order valence-corrected chi connectivity index (χ2v) is 10.1. The molecule has 1 N–H and O–H groups in total. The van der Waals surface area contributed by atoms with Crippen LogP contribution in [0.3, 0.4) is 0 Å². The first-order chi connectivity index (χ1) is 6.96. The molecular formula is C13H27NOSi. The van der Waals surface area contributed by atoms with Crippen LogP contribution >= 0.6 is 0 Å². The van der Waals surface area contributed by atoms with Gasteiger partial charge in [0.15, 0.2) is 0 Å². The van der Waals surface area contributed by atoms with E-state index in [1.54, 1.807) is 0 Å². The Labute approximate surface area is 102 Å². The zero-order chi connectivity index (χ0) is 13.2. The quantitative estimate of drug-likeness (QED) is 0.769. The number of nitriles is 1. The molecule has 0 spiro atoms. The molecule has 0 fully saturated rings. The summed E-state index contributed by atoms with van der Waals surface area (Å²) in [6, 6.07) is 2.28. The number of hydrogen-bond acceptors (Lipinski definition) is 2. The van der Waals surface area contributed by atoms with Gasteiger partial charge in [-0.05, 0) is 32.1 Å². The van der Waals surface area contributed by atoms with Gasteiger partial charge >= 0.3 is 0 Å². The van der Waals surface area contributed by atoms with Crippen LogP contribution in [0, 0.1) is 22.2 Å². The topological polar surface area (TPSA) is 44.0 Å². The Bertz CT molecular complexity index is 273. The minimum Gasteiger partial charge on any atom is -0.392 e. The zero-order valence-electron chi connectivity index (χ0n) is 11.9. The van der Waals surface area contributed by atoms with Gasteiger partial charge in [0.25, 0.3) is 0 Å². The van der Waals surface area contributed by atoms with Gasteiger partial charge < -0.3 is 5.11 Å². The van der Waals surface area contributed by atoms with Crippen LogP contribution in [-0.4, -0.2) is 19.1 Å². The summed E-state index contributed by atoms with van der Waals surface area (Å²) in [6.07, 6.45) is 1.70. The number of aliphatic hydroxyl groups is 1. The Morgan fingerprint density at radius 1 is 1.06 bits per heavy atom. The summed E-state index contributed by atoms with van der Waals surface area (Å²) in [5.74, 6) is 0. The molecule has 0 aliphatic heterocycles. The van der Waals surface area contributed by atoms with Gasteiger partial charge in [-0.2, -0.15) is 5.26 Å². The van der Waals surface area contributed by atoms with Crippen molar-refractivity contribution >= 4 is 8.80 Å². The highest BCUT2D eigenvalue weighted by Gasteiger charge is 2.46. The first kappa shape index (κ1) is 15.7. The molecular weight excluding hydrogens is 214 g/mol. The van der Waals surface area contributed by atoms with Crippen molar-refractivity contribution in [3.05, 3.63) is 0 Å². The lowest BCUT2D eigenvalue weighted by atomic mass is 9.80. The molecule has 0 amide bonds. The van der Waals surface area contributed by atoms with Crippen molar-refractivity contribution in [1.82, 2.24) is 0 Å². The summed E-state index contributed by atoms with van der Waals surface area (Å²) < 4.78 is 0. The van der Waals surface area contributed by atoms with Crippen LogP contribution < -0.4 is 0 Å². The maximum absolute atomic E-state index is 10.8. The zero-order valence-corrected chi connectivity index (χ0v) is 13.0. The molecule has 94 valence electrons. The Kier molecular flexibility index (Phi) is 4.79. The van der Waals surface area contributed by atoms with Crippen molar-refractivity contribution in [2.75, 3.05) is 0 Å². The molecule has 0 aromatic rings. The van der Waals surface area contributed by atoms with Crippen molar-refractivity contribution in [2.45, 2.75) is 65.8 Å². The van der Waals surface area contributed by atoms with E-state index in [2.05, 4.69) is 39.9 Å². The van der Waals surface area contributed by atoms with Gasteiger partial charge in [0.05, 0.1) is 25.5 Å². The molecule has 0 aromatic heterocycles. The fourth-order valence-electron chi connectivity index (χ4n) is 1.99. The molecule has 1 atom stereocenters. The summed E-state index contributed by atoms with van der Waals surface area (Å²) in [5.41, 5.74) is -0.429. The van der Waals surface area contributed by atoms with Gasteiger partial charge in [0, 0.05) is 0 Å². The second-order valence-electron chi connectivity index (χ2n) is 6.88. The standard InChI is InChI=1S/C13H27NOSi/c1-11(2,3)8-9-13(15,16(6)7)12(4,5)10-14/h15-16H,8-9H2,1-7H3/t13-/m1/s1. The first-order valence-corrected chi connectivity index (χ1v) is 8.98. The molecule has 0 aromatic carbocycles. The Balaban J connectivity index is 4.95. The van der Waals surface area contributed by atoms with E-state index in [1.165, 1.54) is 0 Å². The average Bonchev–Trinajstić information content (AvgIpc) is 2.12. The van der Waals surface area contributed by atoms with Gasteiger partial charge in [-0.25, -0.2) is 0 Å². The van der Waals surface area contributed by atoms with Crippen LogP contribution in [0.4, 0.5) is 0 Å². The Morgan fingerprint density at radius 2 is 1.50 bits per heavy atom. The molecule has 0 rings (SSSR count). The first-order valence-electron chi connectivity index (χ1n) is 6.10. The van der Waals surface area contributed by atoms with Gasteiger partial charge in [0.2, 0.25) is 0 Å². The predicted molar refractivity (Wildman–Crippen MR) is 71.9 cm³/mol. The van der Waals surface area contributed by atoms with Crippen LogP contribution in [0.1, 0.15) is 47.5 Å². The van der Waals surface area contributed by atoms with Crippen LogP contribution in [0.5, 0.6) is 0 Å². The minimum absolute atomic E-state index is 0.211. The Morgan fingerprint density at radius 3 is 1.75 bits per heavy atom. The van der Waals surface area contributed by atoms with Gasteiger partial charge in [-0.15, -0.1) is 0 Å². The lowest BCUT2D eigenvalue weighted by molar-refractivity contribution is 0.0171. The summed E-state index contributed by atoms with van der Waals surface area (Å²) in [6.45, 7) is 14.5. The fourth-order valence-corrected chi connectivity index (χ4v) is 4.21. The minimum atomic E-state index is -1.30. The van der Waals surface area contributed by atoms with Crippen molar-refractivity contribution in [3.63, 3.8) is 0 Å². The number of hydrogen-bond donors (Lipinski definition) is 1. The normalized spacial score (nSPS) is 17.0. The Hall–Kier alpha value is -0.333. The molecule has 16 heavy (non-hydrogen) atoms. The van der Waals surface area contributed by atoms with E-state index in [0.29, 0.717) is 0 Å². The number of rotatable bonds is 4. The van der Waals surface area contributed by atoms with Crippen LogP contribution in [0.25, 0.3) is 0 Å². The van der Waals surface area contributed by atoms with Crippen LogP contribution in [-0.2, 0) is 0 Å². The van der Waals surface area contributed by atoms with Crippen molar-refractivity contribution in [2.24, 2.45) is 10.8 Å². The number of nitrogens with zero attached hydrogens (tertiary/aromatic N) is 1. The second kappa shape index (κ2) is 4.89. The SMILES string of the molecule is C[SiH](C)[C@](O)(CCC(C)(C)C)C(C)(C)C#N. The van der Waals surface area contributed by atoms with E-state index in [1.807, 2.05) is 13.8 Å². The lowest BCUT2D eigenvalue weighted by Crippen LogP contribution is -2.54. The third-order valence-electron chi connectivity index (χ3n) is 3.57. The summed E-state index contributed by atoms with van der Waals surface area (Å²) in [7, 11) is -1.30. The van der Waals surface area contributed by atoms with E-state index in [9.17, 15) is 10.4 Å². The maximum atomic E-state index is 10.8. The maximum Gasteiger partial charge on any atom is 0.0770 e. The third-order valence-corrected chi connectivity index (χ3v) is 6.49. The third kappa shape index (κ3) is 3.60. The van der Waals surface area contributed by atoms with Crippen LogP contribution in [0.15, 0.2) is 0 Å². The van der Waals surface area contributed by atoms with Gasteiger partial charge in [-0.3, -0.25) is 0 Å². The van der Waals surface area contributed by atoms with E-state index in [4.69, 9.17) is 0 Å². The molecule has 3 heteroatoms. The van der Waals surface area contributed by atoms with Gasteiger partial charge in [0.1, 0.15) is 0 Å². The lowest BCUT2D eigenvalue weighted by Gasteiger charge is -2.42. The average molecular weight is 241 g/mol. The van der Waals surface area contributed by atoms with E-state index in [0.717, 1.165) is 12.8 Å². The molecule has 0 aliphatic rings. The molecule has 0 bridgehead atoms. The highest BCUT2D eigenvalue weighted by molar-refractivity contribution is 6.59. The van der Waals surface area contributed by atoms with E-state index < -0.39 is 19.4 Å².